The number of benzene rings is 4. The molecule has 4 aliphatic rings. The molecule has 0 unspecified atom stereocenters. The van der Waals surface area contributed by atoms with Crippen LogP contribution in [0.2, 0.25) is 0 Å². The maximum absolute atomic E-state index is 13.9. The number of imide groups is 1. The van der Waals surface area contributed by atoms with Crippen LogP contribution in [0.1, 0.15) is 28.7 Å². The lowest BCUT2D eigenvalue weighted by atomic mass is 9.54. The zero-order chi connectivity index (χ0) is 26.2. The van der Waals surface area contributed by atoms with Crippen LogP contribution < -0.4 is 5.32 Å². The van der Waals surface area contributed by atoms with Crippen molar-refractivity contribution < 1.29 is 14.4 Å². The summed E-state index contributed by atoms with van der Waals surface area (Å²) in [4.78, 5) is 39.5. The number of rotatable bonds is 4. The first kappa shape index (κ1) is 23.4. The fraction of sp³-hybridized carbons (Fsp3) is 0.194. The van der Waals surface area contributed by atoms with Crippen LogP contribution in [0.3, 0.4) is 0 Å². The van der Waals surface area contributed by atoms with Crippen LogP contribution in [0.4, 0.5) is 5.69 Å². The van der Waals surface area contributed by atoms with Crippen molar-refractivity contribution in [2.75, 3.05) is 11.9 Å². The van der Waals surface area contributed by atoms with E-state index in [4.69, 9.17) is 23.2 Å². The van der Waals surface area contributed by atoms with Crippen LogP contribution in [0.5, 0.6) is 0 Å². The quantitative estimate of drug-likeness (QED) is 0.264. The van der Waals surface area contributed by atoms with Gasteiger partial charge in [-0.05, 0) is 33.7 Å². The fourth-order valence-electron chi connectivity index (χ4n) is 6.71. The van der Waals surface area contributed by atoms with Gasteiger partial charge in [-0.1, -0.05) is 84.9 Å². The minimum atomic E-state index is -1.22. The van der Waals surface area contributed by atoms with E-state index in [1.807, 2.05) is 91.0 Å². The molecule has 1 aliphatic heterocycles. The minimum Gasteiger partial charge on any atom is -0.325 e. The molecule has 2 atom stereocenters. The zero-order valence-corrected chi connectivity index (χ0v) is 21.7. The Morgan fingerprint density at radius 3 is 1.74 bits per heavy atom. The highest BCUT2D eigenvalue weighted by atomic mass is 35.5. The van der Waals surface area contributed by atoms with Gasteiger partial charge in [-0.25, -0.2) is 0 Å². The highest BCUT2D eigenvalue weighted by Crippen LogP contribution is 2.69. The maximum Gasteiger partial charge on any atom is 0.235 e. The zero-order valence-electron chi connectivity index (χ0n) is 20.2. The molecular formula is C31H22Cl2N2O3. The Morgan fingerprint density at radius 2 is 1.18 bits per heavy atom. The molecule has 0 saturated carbocycles. The highest BCUT2D eigenvalue weighted by molar-refractivity contribution is 6.36. The lowest BCUT2D eigenvalue weighted by Crippen LogP contribution is -2.57. The molecule has 2 bridgehead atoms. The van der Waals surface area contributed by atoms with E-state index in [2.05, 4.69) is 5.32 Å². The molecule has 1 fully saturated rings. The maximum atomic E-state index is 13.9. The molecule has 0 aromatic heterocycles. The summed E-state index contributed by atoms with van der Waals surface area (Å²) < 4.78 is 0. The number of nitrogens with one attached hydrogen (secondary N) is 1. The molecule has 4 aromatic carbocycles. The summed E-state index contributed by atoms with van der Waals surface area (Å²) in [5.74, 6) is -2.78. The number of nitrogens with zero attached hydrogens (tertiary/aromatic N) is 1. The third-order valence-corrected chi connectivity index (χ3v) is 9.59. The predicted octanol–water partition coefficient (Wildman–Crippen LogP) is 5.76. The van der Waals surface area contributed by atoms with Crippen LogP contribution in [0.15, 0.2) is 91.0 Å². The Balaban J connectivity index is 1.21. The first-order chi connectivity index (χ1) is 18.4. The normalized spacial score (nSPS) is 26.7. The van der Waals surface area contributed by atoms with Crippen molar-refractivity contribution in [3.05, 3.63) is 113 Å². The van der Waals surface area contributed by atoms with Crippen LogP contribution in [0, 0.1) is 11.8 Å². The lowest BCUT2D eigenvalue weighted by molar-refractivity contribution is -0.140. The van der Waals surface area contributed by atoms with Gasteiger partial charge in [0.2, 0.25) is 17.7 Å². The van der Waals surface area contributed by atoms with Gasteiger partial charge < -0.3 is 5.32 Å². The van der Waals surface area contributed by atoms with Crippen LogP contribution >= 0.6 is 23.2 Å². The van der Waals surface area contributed by atoms with E-state index in [-0.39, 0.29) is 30.7 Å². The van der Waals surface area contributed by atoms with Gasteiger partial charge in [-0.15, -0.1) is 23.2 Å². The summed E-state index contributed by atoms with van der Waals surface area (Å²) in [5.41, 5.74) is 3.72. The van der Waals surface area contributed by atoms with Crippen molar-refractivity contribution >= 4 is 57.4 Å². The van der Waals surface area contributed by atoms with Crippen molar-refractivity contribution in [2.45, 2.75) is 16.2 Å². The number of carbonyl (C=O) groups is 3. The fourth-order valence-corrected chi connectivity index (χ4v) is 7.80. The summed E-state index contributed by atoms with van der Waals surface area (Å²) in [5, 5.41) is 4.86. The third kappa shape index (κ3) is 2.92. The second-order valence-corrected chi connectivity index (χ2v) is 11.3. The van der Waals surface area contributed by atoms with E-state index in [1.54, 1.807) is 0 Å². The number of hydrogen-bond acceptors (Lipinski definition) is 3. The molecule has 8 rings (SSSR count). The van der Waals surface area contributed by atoms with Gasteiger partial charge in [0, 0.05) is 24.0 Å². The summed E-state index contributed by atoms with van der Waals surface area (Å²) >= 11 is 14.9. The highest BCUT2D eigenvalue weighted by Gasteiger charge is 2.72. The number of anilines is 1. The van der Waals surface area contributed by atoms with Crippen molar-refractivity contribution in [3.63, 3.8) is 0 Å². The molecule has 38 heavy (non-hydrogen) atoms. The average Bonchev–Trinajstić information content (AvgIpc) is 3.21. The van der Waals surface area contributed by atoms with Crippen molar-refractivity contribution in [1.29, 1.82) is 0 Å². The monoisotopic (exact) mass is 540 g/mol. The van der Waals surface area contributed by atoms with E-state index in [1.165, 1.54) is 4.90 Å². The standard InChI is InChI=1S/C31H22Cl2N2O3/c32-30-20-11-3-4-12-21(20)31(33,23-14-6-5-13-22(23)30)27-26(30)28(37)35(29(27)38)17-16-25(36)34-24-15-7-9-18-8-1-2-10-19(18)24/h1-15,26-27H,16-17H2,(H,34,36)/t26-,27-,30?,31?/m0/s1. The first-order valence-corrected chi connectivity index (χ1v) is 13.3. The Hall–Kier alpha value is -3.67. The Kier molecular flexibility index (Phi) is 5.04. The van der Waals surface area contributed by atoms with E-state index in [0.29, 0.717) is 5.69 Å². The lowest BCUT2D eigenvalue weighted by Gasteiger charge is -2.54. The Labute approximate surface area is 229 Å². The number of amides is 3. The van der Waals surface area contributed by atoms with Crippen molar-refractivity contribution in [2.24, 2.45) is 11.8 Å². The number of halogens is 2. The van der Waals surface area contributed by atoms with E-state index < -0.39 is 21.6 Å². The van der Waals surface area contributed by atoms with E-state index in [0.717, 1.165) is 33.0 Å². The summed E-state index contributed by atoms with van der Waals surface area (Å²) in [6, 6.07) is 28.5. The molecule has 0 radical (unpaired) electrons. The minimum absolute atomic E-state index is 0.0371. The average molecular weight is 541 g/mol. The van der Waals surface area contributed by atoms with Gasteiger partial charge in [0.05, 0.1) is 11.8 Å². The van der Waals surface area contributed by atoms with Crippen LogP contribution in [-0.2, 0) is 24.1 Å². The van der Waals surface area contributed by atoms with Crippen LogP contribution in [0.25, 0.3) is 10.8 Å². The van der Waals surface area contributed by atoms with E-state index >= 15 is 0 Å². The summed E-state index contributed by atoms with van der Waals surface area (Å²) in [7, 11) is 0. The number of alkyl halides is 2. The number of hydrogen-bond donors (Lipinski definition) is 1. The molecule has 3 amide bonds. The number of carbonyl (C=O) groups excluding carboxylic acids is 3. The molecule has 5 nitrogen and oxygen atoms in total. The first-order valence-electron chi connectivity index (χ1n) is 12.6. The number of fused-ring (bicyclic) bond motifs is 1. The van der Waals surface area contributed by atoms with Gasteiger partial charge in [0.25, 0.3) is 0 Å². The van der Waals surface area contributed by atoms with Gasteiger partial charge >= 0.3 is 0 Å². The molecule has 4 aromatic rings. The molecule has 0 spiro atoms. The Bertz CT molecular complexity index is 1560. The van der Waals surface area contributed by atoms with Crippen LogP contribution in [-0.4, -0.2) is 29.2 Å². The topological polar surface area (TPSA) is 66.5 Å². The predicted molar refractivity (Wildman–Crippen MR) is 147 cm³/mol. The van der Waals surface area contributed by atoms with Gasteiger partial charge in [-0.3, -0.25) is 19.3 Å². The van der Waals surface area contributed by atoms with Crippen molar-refractivity contribution in [1.82, 2.24) is 4.90 Å². The second kappa shape index (κ2) is 8.16. The number of likely N-dealkylation sites (tertiary alicyclic amines) is 1. The summed E-state index contributed by atoms with van der Waals surface area (Å²) in [6.07, 6.45) is -0.0371. The largest absolute Gasteiger partial charge is 0.325 e. The second-order valence-electron chi connectivity index (χ2n) is 10.1. The molecule has 1 N–H and O–H groups in total. The molecular weight excluding hydrogens is 519 g/mol. The van der Waals surface area contributed by atoms with Gasteiger partial charge in [0.1, 0.15) is 9.75 Å². The molecule has 188 valence electrons. The molecule has 7 heteroatoms. The van der Waals surface area contributed by atoms with Crippen molar-refractivity contribution in [3.8, 4) is 0 Å². The smallest absolute Gasteiger partial charge is 0.235 e. The summed E-state index contributed by atoms with van der Waals surface area (Å²) in [6.45, 7) is -0.0477. The molecule has 1 heterocycles. The SMILES string of the molecule is O=C(CCN1C(=O)[C@@H]2[C@@H](C1=O)C1(Cl)c3ccccc3C2(Cl)c2ccccc21)Nc1cccc2ccccc12. The van der Waals surface area contributed by atoms with Gasteiger partial charge in [-0.2, -0.15) is 0 Å². The molecule has 3 aliphatic carbocycles. The van der Waals surface area contributed by atoms with Gasteiger partial charge in [0.15, 0.2) is 0 Å². The third-order valence-electron chi connectivity index (χ3n) is 8.30. The van der Waals surface area contributed by atoms with E-state index in [9.17, 15) is 14.4 Å². The Morgan fingerprint density at radius 1 is 0.711 bits per heavy atom. The molecule has 1 saturated heterocycles.